The first-order valence-electron chi connectivity index (χ1n) is 5.25. The van der Waals surface area contributed by atoms with Crippen LogP contribution in [0.1, 0.15) is 30.1 Å². The Hall–Kier alpha value is -1.07. The molecule has 0 aliphatic heterocycles. The second kappa shape index (κ2) is 6.02. The van der Waals surface area contributed by atoms with Crippen LogP contribution in [-0.2, 0) is 10.0 Å². The minimum absolute atomic E-state index is 0.0969. The van der Waals surface area contributed by atoms with Crippen LogP contribution in [-0.4, -0.2) is 19.4 Å². The van der Waals surface area contributed by atoms with Gasteiger partial charge in [0, 0.05) is 11.3 Å². The molecule has 0 bridgehead atoms. The van der Waals surface area contributed by atoms with E-state index >= 15 is 0 Å². The first kappa shape index (κ1) is 14.0. The van der Waals surface area contributed by atoms with Crippen LogP contribution in [0.25, 0.3) is 0 Å². The predicted octanol–water partition coefficient (Wildman–Crippen LogP) is 2.61. The van der Waals surface area contributed by atoms with Gasteiger partial charge in [0.1, 0.15) is 0 Å². The molecule has 6 heteroatoms. The highest BCUT2D eigenvalue weighted by molar-refractivity contribution is 7.92. The maximum atomic E-state index is 11.6. The lowest BCUT2D eigenvalue weighted by molar-refractivity contribution is 0.108. The van der Waals surface area contributed by atoms with E-state index in [-0.39, 0.29) is 5.75 Å². The number of hydrogen-bond donors (Lipinski definition) is 1. The molecule has 1 rings (SSSR count). The van der Waals surface area contributed by atoms with Gasteiger partial charge in [0.05, 0.1) is 5.75 Å². The highest BCUT2D eigenvalue weighted by atomic mass is 35.5. The lowest BCUT2D eigenvalue weighted by Crippen LogP contribution is -2.16. The van der Waals surface area contributed by atoms with Crippen molar-refractivity contribution < 1.29 is 13.2 Å². The highest BCUT2D eigenvalue weighted by Crippen LogP contribution is 2.13. The van der Waals surface area contributed by atoms with Gasteiger partial charge in [-0.3, -0.25) is 9.52 Å². The Morgan fingerprint density at radius 3 is 2.35 bits per heavy atom. The van der Waals surface area contributed by atoms with E-state index in [0.29, 0.717) is 17.7 Å². The van der Waals surface area contributed by atoms with Gasteiger partial charge in [-0.2, -0.15) is 0 Å². The van der Waals surface area contributed by atoms with Crippen LogP contribution >= 0.6 is 11.6 Å². The topological polar surface area (TPSA) is 63.2 Å². The van der Waals surface area contributed by atoms with Crippen LogP contribution in [0.15, 0.2) is 24.3 Å². The van der Waals surface area contributed by atoms with Gasteiger partial charge >= 0.3 is 0 Å². The summed E-state index contributed by atoms with van der Waals surface area (Å²) in [5, 5.41) is -0.564. The average Bonchev–Trinajstić information content (AvgIpc) is 2.26. The maximum Gasteiger partial charge on any atom is 0.252 e. The summed E-state index contributed by atoms with van der Waals surface area (Å²) in [5.74, 6) is 0.0969. The third-order valence-corrected chi connectivity index (χ3v) is 3.74. The molecule has 94 valence electrons. The number of unbranched alkanes of at least 4 members (excludes halogenated alkanes) is 1. The van der Waals surface area contributed by atoms with Gasteiger partial charge in [-0.25, -0.2) is 8.42 Å². The summed E-state index contributed by atoms with van der Waals surface area (Å²) in [7, 11) is -3.30. The van der Waals surface area contributed by atoms with Gasteiger partial charge in [0.25, 0.3) is 5.24 Å². The van der Waals surface area contributed by atoms with Crippen LogP contribution in [0, 0.1) is 0 Å². The summed E-state index contributed by atoms with van der Waals surface area (Å²) in [6, 6.07) is 5.98. The molecule has 1 aromatic carbocycles. The Morgan fingerprint density at radius 1 is 1.29 bits per heavy atom. The van der Waals surface area contributed by atoms with Gasteiger partial charge < -0.3 is 0 Å². The van der Waals surface area contributed by atoms with Crippen LogP contribution < -0.4 is 4.72 Å². The third-order valence-electron chi connectivity index (χ3n) is 2.15. The van der Waals surface area contributed by atoms with Crippen molar-refractivity contribution >= 4 is 32.6 Å². The first-order chi connectivity index (χ1) is 7.94. The molecule has 0 unspecified atom stereocenters. The largest absolute Gasteiger partial charge is 0.284 e. The predicted molar refractivity (Wildman–Crippen MR) is 68.9 cm³/mol. The molecule has 0 aliphatic carbocycles. The first-order valence-corrected chi connectivity index (χ1v) is 7.28. The Morgan fingerprint density at radius 2 is 1.88 bits per heavy atom. The van der Waals surface area contributed by atoms with Gasteiger partial charge in [-0.1, -0.05) is 13.3 Å². The average molecular weight is 276 g/mol. The summed E-state index contributed by atoms with van der Waals surface area (Å²) in [6.07, 6.45) is 1.44. The number of carbonyl (C=O) groups excluding carboxylic acids is 1. The molecule has 0 heterocycles. The van der Waals surface area contributed by atoms with E-state index in [1.807, 2.05) is 6.92 Å². The van der Waals surface area contributed by atoms with Crippen molar-refractivity contribution in [1.82, 2.24) is 0 Å². The molecule has 1 N–H and O–H groups in total. The normalized spacial score (nSPS) is 11.2. The van der Waals surface area contributed by atoms with Crippen LogP contribution in [0.4, 0.5) is 5.69 Å². The summed E-state index contributed by atoms with van der Waals surface area (Å²) in [5.41, 5.74) is 0.769. The van der Waals surface area contributed by atoms with Crippen molar-refractivity contribution in [2.45, 2.75) is 19.8 Å². The lowest BCUT2D eigenvalue weighted by atomic mass is 10.2. The number of benzene rings is 1. The Balaban J connectivity index is 2.72. The molecule has 0 radical (unpaired) electrons. The number of sulfonamides is 1. The number of halogens is 1. The van der Waals surface area contributed by atoms with Crippen molar-refractivity contribution in [3.63, 3.8) is 0 Å². The molecular weight excluding hydrogens is 262 g/mol. The number of nitrogens with one attached hydrogen (secondary N) is 1. The van der Waals surface area contributed by atoms with Crippen LogP contribution in [0.2, 0.25) is 0 Å². The molecule has 0 aliphatic rings. The lowest BCUT2D eigenvalue weighted by Gasteiger charge is -2.07. The number of hydrogen-bond acceptors (Lipinski definition) is 3. The van der Waals surface area contributed by atoms with E-state index in [1.165, 1.54) is 24.3 Å². The molecule has 0 atom stereocenters. The number of anilines is 1. The van der Waals surface area contributed by atoms with E-state index in [0.717, 1.165) is 6.42 Å². The van der Waals surface area contributed by atoms with Crippen molar-refractivity contribution in [3.05, 3.63) is 29.8 Å². The standard InChI is InChI=1S/C11H14ClNO3S/c1-2-3-8-17(15,16)13-10-6-4-9(5-7-10)11(12)14/h4-7,13H,2-3,8H2,1H3. The summed E-state index contributed by atoms with van der Waals surface area (Å²) >= 11 is 5.28. The zero-order valence-corrected chi connectivity index (χ0v) is 11.0. The monoisotopic (exact) mass is 275 g/mol. The zero-order valence-electron chi connectivity index (χ0n) is 9.44. The minimum atomic E-state index is -3.30. The molecule has 0 amide bonds. The molecule has 0 fully saturated rings. The summed E-state index contributed by atoms with van der Waals surface area (Å²) in [4.78, 5) is 10.8. The van der Waals surface area contributed by atoms with Crippen LogP contribution in [0.3, 0.4) is 0 Å². The van der Waals surface area contributed by atoms with Crippen molar-refractivity contribution in [2.24, 2.45) is 0 Å². The second-order valence-electron chi connectivity index (χ2n) is 3.63. The van der Waals surface area contributed by atoms with Crippen LogP contribution in [0.5, 0.6) is 0 Å². The van der Waals surface area contributed by atoms with E-state index in [1.54, 1.807) is 0 Å². The van der Waals surface area contributed by atoms with Crippen molar-refractivity contribution in [1.29, 1.82) is 0 Å². The van der Waals surface area contributed by atoms with E-state index < -0.39 is 15.3 Å². The second-order valence-corrected chi connectivity index (χ2v) is 5.81. The van der Waals surface area contributed by atoms with E-state index in [9.17, 15) is 13.2 Å². The van der Waals surface area contributed by atoms with Gasteiger partial charge in [0.15, 0.2) is 0 Å². The molecule has 0 spiro atoms. The number of carbonyl (C=O) groups is 1. The quantitative estimate of drug-likeness (QED) is 0.812. The SMILES string of the molecule is CCCCS(=O)(=O)Nc1ccc(C(=O)Cl)cc1. The van der Waals surface area contributed by atoms with E-state index in [2.05, 4.69) is 4.72 Å². The van der Waals surface area contributed by atoms with Gasteiger partial charge in [-0.05, 0) is 42.3 Å². The smallest absolute Gasteiger partial charge is 0.252 e. The Labute approximate surface area is 106 Å². The number of rotatable bonds is 6. The maximum absolute atomic E-state index is 11.6. The minimum Gasteiger partial charge on any atom is -0.284 e. The fraction of sp³-hybridized carbons (Fsp3) is 0.364. The van der Waals surface area contributed by atoms with E-state index in [4.69, 9.17) is 11.6 Å². The molecule has 17 heavy (non-hydrogen) atoms. The van der Waals surface area contributed by atoms with Gasteiger partial charge in [-0.15, -0.1) is 0 Å². The highest BCUT2D eigenvalue weighted by Gasteiger charge is 2.09. The Kier molecular flexibility index (Phi) is 4.96. The Bertz CT molecular complexity index is 482. The molecule has 0 aromatic heterocycles. The van der Waals surface area contributed by atoms with Gasteiger partial charge in [0.2, 0.25) is 10.0 Å². The molecule has 0 saturated carbocycles. The summed E-state index contributed by atoms with van der Waals surface area (Å²) < 4.78 is 25.6. The molecular formula is C11H14ClNO3S. The third kappa shape index (κ3) is 4.75. The fourth-order valence-corrected chi connectivity index (χ4v) is 2.63. The fourth-order valence-electron chi connectivity index (χ4n) is 1.23. The van der Waals surface area contributed by atoms with Crippen molar-refractivity contribution in [2.75, 3.05) is 10.5 Å². The molecule has 0 saturated heterocycles. The molecule has 4 nitrogen and oxygen atoms in total. The molecule has 1 aromatic rings. The van der Waals surface area contributed by atoms with Crippen molar-refractivity contribution in [3.8, 4) is 0 Å². The zero-order chi connectivity index (χ0) is 12.9. The summed E-state index contributed by atoms with van der Waals surface area (Å²) in [6.45, 7) is 1.93.